The molecule has 0 aromatic heterocycles. The molecule has 17 heavy (non-hydrogen) atoms. The third kappa shape index (κ3) is 5.36. The van der Waals surface area contributed by atoms with E-state index in [4.69, 9.17) is 5.73 Å². The van der Waals surface area contributed by atoms with Crippen LogP contribution in [-0.4, -0.2) is 6.54 Å². The molecule has 1 rings (SSSR count). The van der Waals surface area contributed by atoms with Crippen LogP contribution in [0.15, 0.2) is 24.3 Å². The van der Waals surface area contributed by atoms with E-state index >= 15 is 0 Å². The lowest BCUT2D eigenvalue weighted by molar-refractivity contribution is 0.456. The number of aryl methyl sites for hydroxylation is 2. The third-order valence-electron chi connectivity index (χ3n) is 3.66. The Morgan fingerprint density at radius 2 is 1.71 bits per heavy atom. The number of hydrogen-bond donors (Lipinski definition) is 1. The molecule has 0 bridgehead atoms. The Hall–Kier alpha value is -0.820. The van der Waals surface area contributed by atoms with E-state index in [9.17, 15) is 0 Å². The van der Waals surface area contributed by atoms with Gasteiger partial charge >= 0.3 is 0 Å². The summed E-state index contributed by atoms with van der Waals surface area (Å²) in [6, 6.07) is 9.02. The first-order chi connectivity index (χ1) is 8.30. The first-order valence-electron chi connectivity index (χ1n) is 7.08. The van der Waals surface area contributed by atoms with Gasteiger partial charge in [0.2, 0.25) is 0 Å². The maximum Gasteiger partial charge on any atom is -0.00741 e. The molecule has 0 atom stereocenters. The minimum absolute atomic E-state index is 0.790. The summed E-state index contributed by atoms with van der Waals surface area (Å²) in [5.74, 6) is 0.891. The average molecular weight is 233 g/mol. The van der Waals surface area contributed by atoms with Gasteiger partial charge in [-0.15, -0.1) is 0 Å². The molecule has 2 N–H and O–H groups in total. The Balaban J connectivity index is 2.47. The SMILES string of the molecule is CCC(CC)CCc1cccc(CCCN)c1. The van der Waals surface area contributed by atoms with Gasteiger partial charge in [-0.3, -0.25) is 0 Å². The Labute approximate surface area is 106 Å². The van der Waals surface area contributed by atoms with E-state index in [1.807, 2.05) is 0 Å². The summed E-state index contributed by atoms with van der Waals surface area (Å²) < 4.78 is 0. The van der Waals surface area contributed by atoms with Crippen molar-refractivity contribution in [2.24, 2.45) is 11.7 Å². The smallest absolute Gasteiger partial charge is 0.00741 e. The van der Waals surface area contributed by atoms with Gasteiger partial charge in [0, 0.05) is 0 Å². The van der Waals surface area contributed by atoms with Crippen LogP contribution in [0, 0.1) is 5.92 Å². The third-order valence-corrected chi connectivity index (χ3v) is 3.66. The quantitative estimate of drug-likeness (QED) is 0.723. The van der Waals surface area contributed by atoms with Gasteiger partial charge in [-0.2, -0.15) is 0 Å². The Morgan fingerprint density at radius 3 is 2.29 bits per heavy atom. The zero-order chi connectivity index (χ0) is 12.5. The highest BCUT2D eigenvalue weighted by atomic mass is 14.5. The van der Waals surface area contributed by atoms with Gasteiger partial charge in [-0.1, -0.05) is 51.0 Å². The highest BCUT2D eigenvalue weighted by Gasteiger charge is 2.04. The molecule has 0 spiro atoms. The van der Waals surface area contributed by atoms with Crippen molar-refractivity contribution in [1.82, 2.24) is 0 Å². The van der Waals surface area contributed by atoms with E-state index in [0.29, 0.717) is 0 Å². The zero-order valence-electron chi connectivity index (χ0n) is 11.4. The highest BCUT2D eigenvalue weighted by molar-refractivity contribution is 5.23. The lowest BCUT2D eigenvalue weighted by Crippen LogP contribution is -2.01. The molecule has 0 unspecified atom stereocenters. The van der Waals surface area contributed by atoms with Crippen LogP contribution >= 0.6 is 0 Å². The molecule has 0 saturated heterocycles. The minimum Gasteiger partial charge on any atom is -0.330 e. The molecule has 1 heteroatoms. The van der Waals surface area contributed by atoms with E-state index in [2.05, 4.69) is 38.1 Å². The summed E-state index contributed by atoms with van der Waals surface area (Å²) in [5, 5.41) is 0. The van der Waals surface area contributed by atoms with Crippen molar-refractivity contribution < 1.29 is 0 Å². The first kappa shape index (κ1) is 14.2. The van der Waals surface area contributed by atoms with Gasteiger partial charge in [0.15, 0.2) is 0 Å². The first-order valence-corrected chi connectivity index (χ1v) is 7.08. The zero-order valence-corrected chi connectivity index (χ0v) is 11.4. The molecule has 0 aliphatic rings. The lowest BCUT2D eigenvalue weighted by Gasteiger charge is -2.12. The van der Waals surface area contributed by atoms with Crippen molar-refractivity contribution in [3.63, 3.8) is 0 Å². The van der Waals surface area contributed by atoms with E-state index in [1.54, 1.807) is 0 Å². The molecular weight excluding hydrogens is 206 g/mol. The average Bonchev–Trinajstić information content (AvgIpc) is 2.38. The van der Waals surface area contributed by atoms with Crippen LogP contribution in [0.5, 0.6) is 0 Å². The fourth-order valence-electron chi connectivity index (χ4n) is 2.31. The normalized spacial score (nSPS) is 11.1. The maximum absolute atomic E-state index is 5.55. The van der Waals surface area contributed by atoms with Crippen molar-refractivity contribution in [3.05, 3.63) is 35.4 Å². The fourth-order valence-corrected chi connectivity index (χ4v) is 2.31. The van der Waals surface area contributed by atoms with E-state index < -0.39 is 0 Å². The molecule has 0 aliphatic heterocycles. The summed E-state index contributed by atoms with van der Waals surface area (Å²) in [6.07, 6.45) is 7.38. The molecule has 0 heterocycles. The summed E-state index contributed by atoms with van der Waals surface area (Å²) in [5.41, 5.74) is 8.48. The summed E-state index contributed by atoms with van der Waals surface area (Å²) >= 11 is 0. The van der Waals surface area contributed by atoms with Gasteiger partial charge in [0.05, 0.1) is 0 Å². The number of benzene rings is 1. The van der Waals surface area contributed by atoms with Gasteiger partial charge in [0.1, 0.15) is 0 Å². The van der Waals surface area contributed by atoms with Crippen molar-refractivity contribution in [2.75, 3.05) is 6.54 Å². The van der Waals surface area contributed by atoms with Crippen LogP contribution in [0.25, 0.3) is 0 Å². The highest BCUT2D eigenvalue weighted by Crippen LogP contribution is 2.17. The summed E-state index contributed by atoms with van der Waals surface area (Å²) in [7, 11) is 0. The van der Waals surface area contributed by atoms with Gasteiger partial charge in [-0.25, -0.2) is 0 Å². The molecular formula is C16H27N. The van der Waals surface area contributed by atoms with Crippen LogP contribution < -0.4 is 5.73 Å². The molecule has 96 valence electrons. The van der Waals surface area contributed by atoms with Crippen molar-refractivity contribution in [2.45, 2.75) is 52.4 Å². The van der Waals surface area contributed by atoms with Crippen LogP contribution in [0.3, 0.4) is 0 Å². The van der Waals surface area contributed by atoms with Gasteiger partial charge in [-0.05, 0) is 49.3 Å². The van der Waals surface area contributed by atoms with Gasteiger partial charge < -0.3 is 5.73 Å². The predicted molar refractivity (Wildman–Crippen MR) is 76.2 cm³/mol. The monoisotopic (exact) mass is 233 g/mol. The second-order valence-corrected chi connectivity index (χ2v) is 4.93. The van der Waals surface area contributed by atoms with E-state index in [0.717, 1.165) is 25.3 Å². The van der Waals surface area contributed by atoms with E-state index in [-0.39, 0.29) is 0 Å². The van der Waals surface area contributed by atoms with Crippen molar-refractivity contribution >= 4 is 0 Å². The summed E-state index contributed by atoms with van der Waals surface area (Å²) in [6.45, 7) is 5.38. The summed E-state index contributed by atoms with van der Waals surface area (Å²) in [4.78, 5) is 0. The predicted octanol–water partition coefficient (Wildman–Crippen LogP) is 3.95. The largest absolute Gasteiger partial charge is 0.330 e. The van der Waals surface area contributed by atoms with Crippen LogP contribution in [0.2, 0.25) is 0 Å². The van der Waals surface area contributed by atoms with Crippen LogP contribution in [0.4, 0.5) is 0 Å². The standard InChI is InChI=1S/C16H27N/c1-3-14(4-2)10-11-16-8-5-7-15(13-16)9-6-12-17/h5,7-8,13-14H,3-4,6,9-12,17H2,1-2H3. The van der Waals surface area contributed by atoms with Crippen molar-refractivity contribution in [3.8, 4) is 0 Å². The second kappa shape index (κ2) is 8.30. The molecule has 0 amide bonds. The van der Waals surface area contributed by atoms with Crippen LogP contribution in [0.1, 0.15) is 50.7 Å². The molecule has 1 aromatic carbocycles. The molecule has 1 aromatic rings. The number of hydrogen-bond acceptors (Lipinski definition) is 1. The van der Waals surface area contributed by atoms with Crippen LogP contribution in [-0.2, 0) is 12.8 Å². The number of rotatable bonds is 8. The molecule has 0 aliphatic carbocycles. The molecule has 0 fully saturated rings. The molecule has 0 saturated carbocycles. The Bertz CT molecular complexity index is 302. The topological polar surface area (TPSA) is 26.0 Å². The molecule has 0 radical (unpaired) electrons. The lowest BCUT2D eigenvalue weighted by atomic mass is 9.94. The molecule has 1 nitrogen and oxygen atoms in total. The minimum atomic E-state index is 0.790. The van der Waals surface area contributed by atoms with Crippen molar-refractivity contribution in [1.29, 1.82) is 0 Å². The second-order valence-electron chi connectivity index (χ2n) is 4.93. The fraction of sp³-hybridized carbons (Fsp3) is 0.625. The Morgan fingerprint density at radius 1 is 1.06 bits per heavy atom. The Kier molecular flexibility index (Phi) is 6.95. The number of nitrogens with two attached hydrogens (primary N) is 1. The van der Waals surface area contributed by atoms with E-state index in [1.165, 1.54) is 36.8 Å². The maximum atomic E-state index is 5.55. The van der Waals surface area contributed by atoms with Gasteiger partial charge in [0.25, 0.3) is 0 Å².